The van der Waals surface area contributed by atoms with Crippen LogP contribution in [0.2, 0.25) is 0 Å². The van der Waals surface area contributed by atoms with Crippen LogP contribution >= 0.6 is 0 Å². The molecule has 110 valence electrons. The third kappa shape index (κ3) is 3.47. The van der Waals surface area contributed by atoms with Crippen LogP contribution in [0.1, 0.15) is 38.2 Å². The molecule has 0 saturated heterocycles. The SMILES string of the molecule is Cc1ccc(-c2ccc(OC(C)C3CCCC3)cc2)cc1. The van der Waals surface area contributed by atoms with Gasteiger partial charge in [0.2, 0.25) is 0 Å². The standard InChI is InChI=1S/C20H24O/c1-15-7-9-18(10-8-15)19-11-13-20(14-12-19)21-16(2)17-5-3-4-6-17/h7-14,16-17H,3-6H2,1-2H3. The summed E-state index contributed by atoms with van der Waals surface area (Å²) in [5.74, 6) is 1.73. The highest BCUT2D eigenvalue weighted by Crippen LogP contribution is 2.30. The third-order valence-electron chi connectivity index (χ3n) is 4.62. The molecule has 1 aliphatic rings. The van der Waals surface area contributed by atoms with Crippen molar-refractivity contribution in [1.29, 1.82) is 0 Å². The zero-order valence-electron chi connectivity index (χ0n) is 13.0. The smallest absolute Gasteiger partial charge is 0.119 e. The minimum absolute atomic E-state index is 0.331. The van der Waals surface area contributed by atoms with E-state index in [1.165, 1.54) is 42.4 Å². The van der Waals surface area contributed by atoms with E-state index in [0.717, 1.165) is 11.7 Å². The molecule has 1 heteroatoms. The molecule has 0 amide bonds. The van der Waals surface area contributed by atoms with Gasteiger partial charge in [0.15, 0.2) is 0 Å². The van der Waals surface area contributed by atoms with Gasteiger partial charge in [0.05, 0.1) is 6.10 Å². The van der Waals surface area contributed by atoms with Crippen LogP contribution in [0, 0.1) is 12.8 Å². The van der Waals surface area contributed by atoms with E-state index >= 15 is 0 Å². The van der Waals surface area contributed by atoms with E-state index in [2.05, 4.69) is 62.4 Å². The van der Waals surface area contributed by atoms with Crippen LogP contribution in [-0.4, -0.2) is 6.10 Å². The summed E-state index contributed by atoms with van der Waals surface area (Å²) in [5.41, 5.74) is 3.80. The molecule has 2 aromatic carbocycles. The van der Waals surface area contributed by atoms with Crippen LogP contribution in [0.4, 0.5) is 0 Å². The molecule has 1 nitrogen and oxygen atoms in total. The lowest BCUT2D eigenvalue weighted by Gasteiger charge is -2.20. The minimum Gasteiger partial charge on any atom is -0.490 e. The fourth-order valence-corrected chi connectivity index (χ4v) is 3.21. The van der Waals surface area contributed by atoms with Gasteiger partial charge in [-0.25, -0.2) is 0 Å². The van der Waals surface area contributed by atoms with Crippen molar-refractivity contribution in [2.24, 2.45) is 5.92 Å². The summed E-state index contributed by atoms with van der Waals surface area (Å²) in [5, 5.41) is 0. The van der Waals surface area contributed by atoms with E-state index in [0.29, 0.717) is 6.10 Å². The summed E-state index contributed by atoms with van der Waals surface area (Å²) in [6.45, 7) is 4.33. The monoisotopic (exact) mass is 280 g/mol. The second kappa shape index (κ2) is 6.34. The van der Waals surface area contributed by atoms with Gasteiger partial charge in [-0.15, -0.1) is 0 Å². The highest BCUT2D eigenvalue weighted by atomic mass is 16.5. The van der Waals surface area contributed by atoms with E-state index in [1.807, 2.05) is 0 Å². The van der Waals surface area contributed by atoms with E-state index < -0.39 is 0 Å². The largest absolute Gasteiger partial charge is 0.490 e. The van der Waals surface area contributed by atoms with Gasteiger partial charge in [0.1, 0.15) is 5.75 Å². The fourth-order valence-electron chi connectivity index (χ4n) is 3.21. The van der Waals surface area contributed by atoms with Gasteiger partial charge >= 0.3 is 0 Å². The van der Waals surface area contributed by atoms with Crippen molar-refractivity contribution in [3.8, 4) is 16.9 Å². The quantitative estimate of drug-likeness (QED) is 0.706. The predicted octanol–water partition coefficient (Wildman–Crippen LogP) is 5.62. The highest BCUT2D eigenvalue weighted by Gasteiger charge is 2.22. The maximum atomic E-state index is 6.11. The molecule has 1 aliphatic carbocycles. The Morgan fingerprint density at radius 3 is 1.95 bits per heavy atom. The van der Waals surface area contributed by atoms with Gasteiger partial charge in [0.25, 0.3) is 0 Å². The molecule has 0 N–H and O–H groups in total. The topological polar surface area (TPSA) is 9.23 Å². The van der Waals surface area contributed by atoms with Crippen molar-refractivity contribution < 1.29 is 4.74 Å². The first-order valence-corrected chi connectivity index (χ1v) is 8.06. The maximum Gasteiger partial charge on any atom is 0.119 e. The van der Waals surface area contributed by atoms with Gasteiger partial charge in [-0.1, -0.05) is 54.8 Å². The van der Waals surface area contributed by atoms with Crippen molar-refractivity contribution in [2.75, 3.05) is 0 Å². The molecule has 1 fully saturated rings. The summed E-state index contributed by atoms with van der Waals surface area (Å²) < 4.78 is 6.11. The number of rotatable bonds is 4. The predicted molar refractivity (Wildman–Crippen MR) is 88.7 cm³/mol. The lowest BCUT2D eigenvalue weighted by Crippen LogP contribution is -2.21. The molecule has 0 aromatic heterocycles. The van der Waals surface area contributed by atoms with Crippen LogP contribution in [0.5, 0.6) is 5.75 Å². The Kier molecular flexibility index (Phi) is 4.28. The maximum absolute atomic E-state index is 6.11. The lowest BCUT2D eigenvalue weighted by atomic mass is 10.0. The molecule has 1 unspecified atom stereocenters. The average molecular weight is 280 g/mol. The molecule has 1 atom stereocenters. The van der Waals surface area contributed by atoms with Gasteiger partial charge in [-0.2, -0.15) is 0 Å². The minimum atomic E-state index is 0.331. The second-order valence-corrected chi connectivity index (χ2v) is 6.26. The van der Waals surface area contributed by atoms with Gasteiger partial charge in [-0.3, -0.25) is 0 Å². The second-order valence-electron chi connectivity index (χ2n) is 6.26. The number of ether oxygens (including phenoxy) is 1. The number of aryl methyl sites for hydroxylation is 1. The number of hydrogen-bond donors (Lipinski definition) is 0. The van der Waals surface area contributed by atoms with Crippen LogP contribution in [-0.2, 0) is 0 Å². The summed E-state index contributed by atoms with van der Waals surface area (Å²) in [6, 6.07) is 17.2. The molecule has 2 aromatic rings. The first kappa shape index (κ1) is 14.2. The molecular formula is C20H24O. The van der Waals surface area contributed by atoms with Crippen molar-refractivity contribution in [1.82, 2.24) is 0 Å². The normalized spacial score (nSPS) is 16.9. The Morgan fingerprint density at radius 1 is 0.857 bits per heavy atom. The van der Waals surface area contributed by atoms with Gasteiger partial charge in [0, 0.05) is 0 Å². The van der Waals surface area contributed by atoms with E-state index in [-0.39, 0.29) is 0 Å². The van der Waals surface area contributed by atoms with Crippen LogP contribution in [0.3, 0.4) is 0 Å². The summed E-state index contributed by atoms with van der Waals surface area (Å²) >= 11 is 0. The Bertz CT molecular complexity index is 562. The third-order valence-corrected chi connectivity index (χ3v) is 4.62. The molecule has 21 heavy (non-hydrogen) atoms. The first-order valence-electron chi connectivity index (χ1n) is 8.06. The van der Waals surface area contributed by atoms with Gasteiger partial charge in [-0.05, 0) is 55.9 Å². The summed E-state index contributed by atoms with van der Waals surface area (Å²) in [7, 11) is 0. The molecule has 0 bridgehead atoms. The van der Waals surface area contributed by atoms with Crippen molar-refractivity contribution >= 4 is 0 Å². The van der Waals surface area contributed by atoms with Crippen LogP contribution in [0.15, 0.2) is 48.5 Å². The zero-order chi connectivity index (χ0) is 14.7. The van der Waals surface area contributed by atoms with Crippen molar-refractivity contribution in [2.45, 2.75) is 45.6 Å². The summed E-state index contributed by atoms with van der Waals surface area (Å²) in [4.78, 5) is 0. The molecule has 0 aliphatic heterocycles. The van der Waals surface area contributed by atoms with E-state index in [9.17, 15) is 0 Å². The molecule has 3 rings (SSSR count). The first-order chi connectivity index (χ1) is 10.2. The van der Waals surface area contributed by atoms with Gasteiger partial charge < -0.3 is 4.74 Å². The Balaban J connectivity index is 1.67. The summed E-state index contributed by atoms with van der Waals surface area (Å²) in [6.07, 6.45) is 5.71. The zero-order valence-corrected chi connectivity index (χ0v) is 13.0. The molecular weight excluding hydrogens is 256 g/mol. The van der Waals surface area contributed by atoms with Crippen LogP contribution in [0.25, 0.3) is 11.1 Å². The van der Waals surface area contributed by atoms with E-state index in [4.69, 9.17) is 4.74 Å². The Labute approximate surface area is 128 Å². The lowest BCUT2D eigenvalue weighted by molar-refractivity contribution is 0.154. The highest BCUT2D eigenvalue weighted by molar-refractivity contribution is 5.64. The Hall–Kier alpha value is -1.76. The van der Waals surface area contributed by atoms with E-state index in [1.54, 1.807) is 0 Å². The number of benzene rings is 2. The molecule has 0 radical (unpaired) electrons. The number of hydrogen-bond acceptors (Lipinski definition) is 1. The molecule has 1 saturated carbocycles. The Morgan fingerprint density at radius 2 is 1.38 bits per heavy atom. The van der Waals surface area contributed by atoms with Crippen molar-refractivity contribution in [3.05, 3.63) is 54.1 Å². The van der Waals surface area contributed by atoms with Crippen molar-refractivity contribution in [3.63, 3.8) is 0 Å². The molecule has 0 spiro atoms. The molecule has 0 heterocycles. The average Bonchev–Trinajstić information content (AvgIpc) is 3.03. The fraction of sp³-hybridized carbons (Fsp3) is 0.400. The van der Waals surface area contributed by atoms with Crippen LogP contribution < -0.4 is 4.74 Å².